The van der Waals surface area contributed by atoms with Crippen LogP contribution in [-0.4, -0.2) is 17.1 Å². The first kappa shape index (κ1) is 21.1. The number of halogens is 1. The van der Waals surface area contributed by atoms with E-state index in [4.69, 9.17) is 0 Å². The van der Waals surface area contributed by atoms with Gasteiger partial charge in [-0.15, -0.1) is 0 Å². The highest BCUT2D eigenvalue weighted by molar-refractivity contribution is 7.20. The Hall–Kier alpha value is -4.10. The molecule has 1 amide bonds. The molecular weight excluding hydrogens is 423 g/mol. The number of hydrogen-bond acceptors (Lipinski definition) is 5. The van der Waals surface area contributed by atoms with Crippen LogP contribution in [0, 0.1) is 5.82 Å². The summed E-state index contributed by atoms with van der Waals surface area (Å²) < 4.78 is 13.2. The zero-order chi connectivity index (χ0) is 22.2. The van der Waals surface area contributed by atoms with Crippen LogP contribution in [0.2, 0.25) is 0 Å². The van der Waals surface area contributed by atoms with E-state index < -0.39 is 5.82 Å². The minimum absolute atomic E-state index is 0.341. The Balaban J connectivity index is 1.51. The summed E-state index contributed by atoms with van der Waals surface area (Å²) in [6.07, 6.45) is 5.40. The maximum atomic E-state index is 13.2. The summed E-state index contributed by atoms with van der Waals surface area (Å²) in [5.74, 6) is -0.735. The van der Waals surface area contributed by atoms with Crippen LogP contribution in [0.1, 0.15) is 15.9 Å². The molecule has 0 aliphatic heterocycles. The van der Waals surface area contributed by atoms with E-state index in [1.807, 2.05) is 72.8 Å². The maximum absolute atomic E-state index is 13.2. The molecular formula is C25H19FN4OS. The number of carbonyl (C=O) groups excluding carboxylic acids is 1. The SMILES string of the molecule is O=C(Nc1sc(NN=CC=Cc2ccccc2)nc1-c1ccccc1)c1ccc(F)cc1. The molecule has 3 aromatic carbocycles. The van der Waals surface area contributed by atoms with Crippen LogP contribution in [0.25, 0.3) is 17.3 Å². The van der Waals surface area contributed by atoms with Gasteiger partial charge in [-0.05, 0) is 35.9 Å². The van der Waals surface area contributed by atoms with Crippen molar-refractivity contribution in [3.63, 3.8) is 0 Å². The Morgan fingerprint density at radius 3 is 2.34 bits per heavy atom. The van der Waals surface area contributed by atoms with Gasteiger partial charge in [-0.2, -0.15) is 5.10 Å². The molecule has 0 saturated heterocycles. The van der Waals surface area contributed by atoms with Crippen LogP contribution in [0.4, 0.5) is 14.5 Å². The van der Waals surface area contributed by atoms with Crippen molar-refractivity contribution in [2.24, 2.45) is 5.10 Å². The number of hydrazone groups is 1. The van der Waals surface area contributed by atoms with Gasteiger partial charge in [0.15, 0.2) is 0 Å². The number of aromatic nitrogens is 1. The number of amides is 1. The summed E-state index contributed by atoms with van der Waals surface area (Å²) in [5.41, 5.74) is 5.83. The largest absolute Gasteiger partial charge is 0.312 e. The lowest BCUT2D eigenvalue weighted by Crippen LogP contribution is -2.11. The smallest absolute Gasteiger partial charge is 0.256 e. The van der Waals surface area contributed by atoms with Gasteiger partial charge in [0, 0.05) is 17.3 Å². The second kappa shape index (κ2) is 10.3. The number of hydrogen-bond donors (Lipinski definition) is 2. The van der Waals surface area contributed by atoms with Crippen LogP contribution in [0.3, 0.4) is 0 Å². The summed E-state index contributed by atoms with van der Waals surface area (Å²) in [7, 11) is 0. The third-order valence-electron chi connectivity index (χ3n) is 4.42. The topological polar surface area (TPSA) is 66.4 Å². The Kier molecular flexibility index (Phi) is 6.79. The van der Waals surface area contributed by atoms with E-state index in [1.54, 1.807) is 6.21 Å². The van der Waals surface area contributed by atoms with Crippen LogP contribution in [0.15, 0.2) is 96.1 Å². The molecule has 0 saturated carbocycles. The van der Waals surface area contributed by atoms with Gasteiger partial charge in [0.2, 0.25) is 5.13 Å². The van der Waals surface area contributed by atoms with E-state index >= 15 is 0 Å². The van der Waals surface area contributed by atoms with E-state index in [0.29, 0.717) is 21.4 Å². The fraction of sp³-hybridized carbons (Fsp3) is 0. The summed E-state index contributed by atoms with van der Waals surface area (Å²) in [5, 5.41) is 8.16. The van der Waals surface area contributed by atoms with Crippen molar-refractivity contribution < 1.29 is 9.18 Å². The number of nitrogens with one attached hydrogen (secondary N) is 2. The molecule has 0 bridgehead atoms. The van der Waals surface area contributed by atoms with Crippen molar-refractivity contribution in [3.05, 3.63) is 108 Å². The molecule has 0 aliphatic rings. The number of rotatable bonds is 7. The molecule has 2 N–H and O–H groups in total. The predicted molar refractivity (Wildman–Crippen MR) is 129 cm³/mol. The average molecular weight is 443 g/mol. The minimum Gasteiger partial charge on any atom is -0.312 e. The maximum Gasteiger partial charge on any atom is 0.256 e. The molecule has 0 fully saturated rings. The van der Waals surface area contributed by atoms with Gasteiger partial charge in [0.05, 0.1) is 0 Å². The van der Waals surface area contributed by atoms with Gasteiger partial charge in [-0.1, -0.05) is 78.1 Å². The van der Waals surface area contributed by atoms with Crippen LogP contribution in [0.5, 0.6) is 0 Å². The zero-order valence-electron chi connectivity index (χ0n) is 16.9. The zero-order valence-corrected chi connectivity index (χ0v) is 17.7. The van der Waals surface area contributed by atoms with Crippen molar-refractivity contribution in [2.75, 3.05) is 10.7 Å². The first-order valence-electron chi connectivity index (χ1n) is 9.83. The van der Waals surface area contributed by atoms with Crippen molar-refractivity contribution in [2.45, 2.75) is 0 Å². The van der Waals surface area contributed by atoms with Crippen LogP contribution in [-0.2, 0) is 0 Å². The molecule has 0 atom stereocenters. The molecule has 4 rings (SSSR count). The van der Waals surface area contributed by atoms with E-state index in [9.17, 15) is 9.18 Å². The lowest BCUT2D eigenvalue weighted by molar-refractivity contribution is 0.102. The van der Waals surface area contributed by atoms with Gasteiger partial charge in [0.25, 0.3) is 5.91 Å². The number of allylic oxidation sites excluding steroid dienone is 1. The Morgan fingerprint density at radius 2 is 1.62 bits per heavy atom. The van der Waals surface area contributed by atoms with Gasteiger partial charge < -0.3 is 5.32 Å². The van der Waals surface area contributed by atoms with Gasteiger partial charge in [0.1, 0.15) is 16.5 Å². The lowest BCUT2D eigenvalue weighted by atomic mass is 10.1. The second-order valence-electron chi connectivity index (χ2n) is 6.68. The molecule has 0 aliphatic carbocycles. The van der Waals surface area contributed by atoms with E-state index in [-0.39, 0.29) is 5.91 Å². The summed E-state index contributed by atoms with van der Waals surface area (Å²) in [6, 6.07) is 24.8. The number of nitrogens with zero attached hydrogens (tertiary/aromatic N) is 2. The molecule has 0 spiro atoms. The molecule has 4 aromatic rings. The number of carbonyl (C=O) groups is 1. The Morgan fingerprint density at radius 1 is 0.938 bits per heavy atom. The molecule has 5 nitrogen and oxygen atoms in total. The molecule has 1 heterocycles. The third-order valence-corrected chi connectivity index (χ3v) is 5.29. The Labute approximate surface area is 189 Å². The van der Waals surface area contributed by atoms with Gasteiger partial charge in [-0.3, -0.25) is 10.2 Å². The van der Waals surface area contributed by atoms with Gasteiger partial charge >= 0.3 is 0 Å². The quantitative estimate of drug-likeness (QED) is 0.260. The first-order chi connectivity index (χ1) is 15.7. The third kappa shape index (κ3) is 5.53. The monoisotopic (exact) mass is 442 g/mol. The fourth-order valence-electron chi connectivity index (χ4n) is 2.87. The van der Waals surface area contributed by atoms with Crippen molar-refractivity contribution in [1.82, 2.24) is 4.98 Å². The van der Waals surface area contributed by atoms with Crippen molar-refractivity contribution in [1.29, 1.82) is 0 Å². The first-order valence-corrected chi connectivity index (χ1v) is 10.6. The predicted octanol–water partition coefficient (Wildman–Crippen LogP) is 6.31. The molecule has 0 unspecified atom stereocenters. The van der Waals surface area contributed by atoms with Gasteiger partial charge in [-0.25, -0.2) is 9.37 Å². The van der Waals surface area contributed by atoms with E-state index in [1.165, 1.54) is 35.6 Å². The normalized spacial score (nSPS) is 11.2. The molecule has 7 heteroatoms. The standard InChI is InChI=1S/C25H19FN4OS/c26-21-15-13-20(14-16-21)23(31)29-24-22(19-11-5-2-6-12-19)28-25(32-24)30-27-17-7-10-18-8-3-1-4-9-18/h1-17H,(H,28,30)(H,29,31). The average Bonchev–Trinajstić information content (AvgIpc) is 3.23. The van der Waals surface area contributed by atoms with E-state index in [2.05, 4.69) is 20.8 Å². The minimum atomic E-state index is -0.394. The van der Waals surface area contributed by atoms with Crippen molar-refractivity contribution >= 4 is 39.7 Å². The molecule has 158 valence electrons. The number of benzene rings is 3. The van der Waals surface area contributed by atoms with E-state index in [0.717, 1.165) is 11.1 Å². The van der Waals surface area contributed by atoms with Crippen LogP contribution >= 0.6 is 11.3 Å². The summed E-state index contributed by atoms with van der Waals surface area (Å²) in [6.45, 7) is 0. The lowest BCUT2D eigenvalue weighted by Gasteiger charge is -2.05. The molecule has 32 heavy (non-hydrogen) atoms. The number of anilines is 2. The summed E-state index contributed by atoms with van der Waals surface area (Å²) in [4.78, 5) is 17.2. The molecule has 0 radical (unpaired) electrons. The highest BCUT2D eigenvalue weighted by Crippen LogP contribution is 2.36. The second-order valence-corrected chi connectivity index (χ2v) is 7.68. The fourth-order valence-corrected chi connectivity index (χ4v) is 3.71. The highest BCUT2D eigenvalue weighted by atomic mass is 32.1. The van der Waals surface area contributed by atoms with Crippen LogP contribution < -0.4 is 10.7 Å². The number of thiazole rings is 1. The molecule has 1 aromatic heterocycles. The highest BCUT2D eigenvalue weighted by Gasteiger charge is 2.16. The van der Waals surface area contributed by atoms with Crippen molar-refractivity contribution in [3.8, 4) is 11.3 Å². The Bertz CT molecular complexity index is 1240. The summed E-state index contributed by atoms with van der Waals surface area (Å²) >= 11 is 1.27.